The second-order valence-electron chi connectivity index (χ2n) is 6.03. The molecule has 0 spiro atoms. The van der Waals surface area contributed by atoms with Crippen LogP contribution in [0.5, 0.6) is 11.5 Å². The molecule has 0 atom stereocenters. The van der Waals surface area contributed by atoms with E-state index >= 15 is 0 Å². The van der Waals surface area contributed by atoms with Gasteiger partial charge in [-0.15, -0.1) is 0 Å². The minimum atomic E-state index is -4.61. The number of ether oxygens (including phenoxy) is 2. The number of carbonyl (C=O) groups is 1. The molecule has 1 aromatic heterocycles. The molecule has 29 heavy (non-hydrogen) atoms. The maximum Gasteiger partial charge on any atom is 0.418 e. The average Bonchev–Trinajstić information content (AvgIpc) is 3.07. The highest BCUT2D eigenvalue weighted by atomic mass is 19.4. The maximum atomic E-state index is 13.1. The van der Waals surface area contributed by atoms with Crippen molar-refractivity contribution < 1.29 is 32.0 Å². The lowest BCUT2D eigenvalue weighted by Crippen LogP contribution is -2.18. The van der Waals surface area contributed by atoms with Crippen LogP contribution >= 0.6 is 0 Å². The number of anilines is 1. The molecule has 0 bridgehead atoms. The van der Waals surface area contributed by atoms with Gasteiger partial charge in [-0.25, -0.2) is 0 Å². The number of hydrogen-bond donors (Lipinski definition) is 1. The molecule has 0 unspecified atom stereocenters. The van der Waals surface area contributed by atoms with Crippen LogP contribution in [0.15, 0.2) is 53.1 Å². The van der Waals surface area contributed by atoms with E-state index in [0.29, 0.717) is 22.8 Å². The summed E-state index contributed by atoms with van der Waals surface area (Å²) < 4.78 is 55.1. The number of para-hydroxylation sites is 1. The summed E-state index contributed by atoms with van der Waals surface area (Å²) in [6.07, 6.45) is -4.61. The highest BCUT2D eigenvalue weighted by molar-refractivity contribution is 6.04. The van der Waals surface area contributed by atoms with Crippen molar-refractivity contribution in [3.8, 4) is 11.5 Å². The first-order chi connectivity index (χ1) is 13.8. The van der Waals surface area contributed by atoms with Gasteiger partial charge in [0.05, 0.1) is 23.9 Å². The molecule has 0 radical (unpaired) electrons. The third kappa shape index (κ3) is 4.68. The van der Waals surface area contributed by atoms with Crippen LogP contribution < -0.4 is 14.8 Å². The van der Waals surface area contributed by atoms with Gasteiger partial charge >= 0.3 is 6.18 Å². The lowest BCUT2D eigenvalue weighted by atomic mass is 10.1. The van der Waals surface area contributed by atoms with Gasteiger partial charge in [-0.1, -0.05) is 17.3 Å². The highest BCUT2D eigenvalue weighted by Crippen LogP contribution is 2.34. The highest BCUT2D eigenvalue weighted by Gasteiger charge is 2.34. The summed E-state index contributed by atoms with van der Waals surface area (Å²) in [5.74, 6) is 0.668. The van der Waals surface area contributed by atoms with E-state index in [9.17, 15) is 18.0 Å². The Labute approximate surface area is 164 Å². The summed E-state index contributed by atoms with van der Waals surface area (Å²) in [4.78, 5) is 12.5. The van der Waals surface area contributed by atoms with Crippen molar-refractivity contribution >= 4 is 11.6 Å². The Balaban J connectivity index is 1.77. The number of amides is 1. The van der Waals surface area contributed by atoms with E-state index in [1.165, 1.54) is 25.3 Å². The van der Waals surface area contributed by atoms with E-state index in [-0.39, 0.29) is 18.0 Å². The first kappa shape index (κ1) is 20.2. The van der Waals surface area contributed by atoms with Gasteiger partial charge in [-0.3, -0.25) is 4.79 Å². The molecule has 1 N–H and O–H groups in total. The lowest BCUT2D eigenvalue weighted by Gasteiger charge is -2.13. The number of nitrogens with zero attached hydrogens (tertiary/aromatic N) is 1. The summed E-state index contributed by atoms with van der Waals surface area (Å²) in [5, 5.41) is 5.92. The van der Waals surface area contributed by atoms with Gasteiger partial charge in [0.2, 0.25) is 0 Å². The molecular weight excluding hydrogens is 389 g/mol. The van der Waals surface area contributed by atoms with Crippen molar-refractivity contribution in [2.75, 3.05) is 12.4 Å². The smallest absolute Gasteiger partial charge is 0.418 e. The van der Waals surface area contributed by atoms with Crippen LogP contribution in [0.1, 0.15) is 27.4 Å². The first-order valence-corrected chi connectivity index (χ1v) is 8.49. The van der Waals surface area contributed by atoms with E-state index in [0.717, 1.165) is 6.07 Å². The van der Waals surface area contributed by atoms with E-state index in [1.54, 1.807) is 31.2 Å². The standard InChI is InChI=1S/C20H17F3N2O4/c1-12-15(11-28-14-9-7-13(27-2)8-10-14)18(25-29-12)19(26)24-17-6-4-3-5-16(17)20(21,22)23/h3-10H,11H2,1-2H3,(H,24,26). The molecule has 0 saturated heterocycles. The lowest BCUT2D eigenvalue weighted by molar-refractivity contribution is -0.136. The molecular formula is C20H17F3N2O4. The monoisotopic (exact) mass is 406 g/mol. The Morgan fingerprint density at radius 2 is 1.76 bits per heavy atom. The Hall–Kier alpha value is -3.49. The normalized spacial score (nSPS) is 11.2. The summed E-state index contributed by atoms with van der Waals surface area (Å²) >= 11 is 0. The zero-order valence-electron chi connectivity index (χ0n) is 15.5. The van der Waals surface area contributed by atoms with Crippen LogP contribution in [-0.2, 0) is 12.8 Å². The van der Waals surface area contributed by atoms with Crippen molar-refractivity contribution in [2.45, 2.75) is 19.7 Å². The third-order valence-corrected chi connectivity index (χ3v) is 4.12. The molecule has 1 heterocycles. The minimum Gasteiger partial charge on any atom is -0.497 e. The van der Waals surface area contributed by atoms with Gasteiger partial charge in [0.1, 0.15) is 23.9 Å². The van der Waals surface area contributed by atoms with Gasteiger partial charge in [0.25, 0.3) is 5.91 Å². The first-order valence-electron chi connectivity index (χ1n) is 8.49. The van der Waals surface area contributed by atoms with Crippen LogP contribution in [0.25, 0.3) is 0 Å². The van der Waals surface area contributed by atoms with Crippen LogP contribution in [0.3, 0.4) is 0 Å². The zero-order valence-corrected chi connectivity index (χ0v) is 15.5. The number of methoxy groups -OCH3 is 1. The van der Waals surface area contributed by atoms with Crippen molar-refractivity contribution in [1.29, 1.82) is 0 Å². The molecule has 0 saturated carbocycles. The third-order valence-electron chi connectivity index (χ3n) is 4.12. The Morgan fingerprint density at radius 1 is 1.10 bits per heavy atom. The number of aromatic nitrogens is 1. The molecule has 9 heteroatoms. The van der Waals surface area contributed by atoms with Gasteiger partial charge in [-0.2, -0.15) is 13.2 Å². The second-order valence-corrected chi connectivity index (χ2v) is 6.03. The molecule has 3 aromatic rings. The van der Waals surface area contributed by atoms with Crippen molar-refractivity contribution in [1.82, 2.24) is 5.16 Å². The van der Waals surface area contributed by atoms with Gasteiger partial charge in [0.15, 0.2) is 5.69 Å². The fourth-order valence-electron chi connectivity index (χ4n) is 2.59. The van der Waals surface area contributed by atoms with Gasteiger partial charge in [-0.05, 0) is 43.3 Å². The zero-order chi connectivity index (χ0) is 21.0. The number of carbonyl (C=O) groups excluding carboxylic acids is 1. The number of aryl methyl sites for hydroxylation is 1. The molecule has 2 aromatic carbocycles. The number of nitrogens with one attached hydrogen (secondary N) is 1. The molecule has 0 aliphatic heterocycles. The van der Waals surface area contributed by atoms with Crippen LogP contribution in [0, 0.1) is 6.92 Å². The predicted octanol–water partition coefficient (Wildman–Crippen LogP) is 4.84. The molecule has 3 rings (SSSR count). The molecule has 0 aliphatic rings. The summed E-state index contributed by atoms with van der Waals surface area (Å²) in [5.41, 5.74) is -1.13. The number of alkyl halides is 3. The van der Waals surface area contributed by atoms with Crippen LogP contribution in [0.2, 0.25) is 0 Å². The summed E-state index contributed by atoms with van der Waals surface area (Å²) in [6.45, 7) is 1.53. The average molecular weight is 406 g/mol. The predicted molar refractivity (Wildman–Crippen MR) is 98.0 cm³/mol. The Morgan fingerprint density at radius 3 is 2.41 bits per heavy atom. The summed E-state index contributed by atoms with van der Waals surface area (Å²) in [6, 6.07) is 11.5. The quantitative estimate of drug-likeness (QED) is 0.634. The van der Waals surface area contributed by atoms with E-state index in [4.69, 9.17) is 14.0 Å². The molecule has 0 fully saturated rings. The Bertz CT molecular complexity index is 998. The largest absolute Gasteiger partial charge is 0.497 e. The van der Waals surface area contributed by atoms with E-state index in [1.807, 2.05) is 0 Å². The molecule has 0 aliphatic carbocycles. The van der Waals surface area contributed by atoms with Crippen molar-refractivity contribution in [3.05, 3.63) is 71.1 Å². The number of benzene rings is 2. The van der Waals surface area contributed by atoms with E-state index in [2.05, 4.69) is 10.5 Å². The minimum absolute atomic E-state index is 0.0503. The topological polar surface area (TPSA) is 73.6 Å². The fraction of sp³-hybridized carbons (Fsp3) is 0.200. The Kier molecular flexibility index (Phi) is 5.76. The molecule has 152 valence electrons. The number of hydrogen-bond acceptors (Lipinski definition) is 5. The fourth-order valence-corrected chi connectivity index (χ4v) is 2.59. The van der Waals surface area contributed by atoms with Crippen LogP contribution in [-0.4, -0.2) is 18.2 Å². The van der Waals surface area contributed by atoms with Crippen molar-refractivity contribution in [2.24, 2.45) is 0 Å². The van der Waals surface area contributed by atoms with Crippen molar-refractivity contribution in [3.63, 3.8) is 0 Å². The number of rotatable bonds is 6. The van der Waals surface area contributed by atoms with E-state index < -0.39 is 17.6 Å². The summed E-state index contributed by atoms with van der Waals surface area (Å²) in [7, 11) is 1.54. The maximum absolute atomic E-state index is 13.1. The van der Waals surface area contributed by atoms with Gasteiger partial charge < -0.3 is 19.3 Å². The molecule has 6 nitrogen and oxygen atoms in total. The number of halogens is 3. The SMILES string of the molecule is COc1ccc(OCc2c(C(=O)Nc3ccccc3C(F)(F)F)noc2C)cc1. The van der Waals surface area contributed by atoms with Crippen LogP contribution in [0.4, 0.5) is 18.9 Å². The second kappa shape index (κ2) is 8.26. The van der Waals surface area contributed by atoms with Gasteiger partial charge in [0, 0.05) is 0 Å². The molecule has 1 amide bonds.